The number of esters is 2. The number of ether oxygens (including phenoxy) is 7. The number of carbonyl (C=O) groups is 2. The molecular formula is C32H34O9. The van der Waals surface area contributed by atoms with Gasteiger partial charge in [-0.3, -0.25) is 4.79 Å². The molecule has 0 unspecified atom stereocenters. The van der Waals surface area contributed by atoms with Crippen molar-refractivity contribution >= 4 is 11.9 Å². The molecule has 216 valence electrons. The van der Waals surface area contributed by atoms with E-state index in [9.17, 15) is 9.59 Å². The molecule has 5 rings (SSSR count). The minimum Gasteiger partial charge on any atom is -0.497 e. The van der Waals surface area contributed by atoms with Gasteiger partial charge in [0.1, 0.15) is 17.2 Å². The standard InChI is InChI=1S/C32H34O9/c1-5-13-38-21-9-10-22-24(15-21)30(23-11-8-20(35-3)16-26(23)39-17-28(33)37-6-2)31(32(34)36-4)29(22)19-7-12-25-27(14-19)41-18-40-25/h7-12,14-16,29-31H,5-6,13,17-18H2,1-4H3/t29-,30+,31-/m1/s1. The fourth-order valence-corrected chi connectivity index (χ4v) is 5.62. The van der Waals surface area contributed by atoms with E-state index in [2.05, 4.69) is 0 Å². The van der Waals surface area contributed by atoms with E-state index in [0.717, 1.165) is 23.1 Å². The molecule has 9 nitrogen and oxygen atoms in total. The quantitative estimate of drug-likeness (QED) is 0.291. The van der Waals surface area contributed by atoms with Crippen LogP contribution in [0.2, 0.25) is 0 Å². The van der Waals surface area contributed by atoms with Crippen LogP contribution in [-0.4, -0.2) is 52.8 Å². The Hall–Kier alpha value is -4.40. The van der Waals surface area contributed by atoms with Crippen molar-refractivity contribution in [2.45, 2.75) is 32.1 Å². The first-order chi connectivity index (χ1) is 20.0. The Bertz CT molecular complexity index is 1420. The largest absolute Gasteiger partial charge is 0.497 e. The summed E-state index contributed by atoms with van der Waals surface area (Å²) in [6.45, 7) is 4.44. The Morgan fingerprint density at radius 3 is 2.37 bits per heavy atom. The topological polar surface area (TPSA) is 98.8 Å². The third-order valence-electron chi connectivity index (χ3n) is 7.36. The van der Waals surface area contributed by atoms with Crippen LogP contribution in [0.25, 0.3) is 0 Å². The van der Waals surface area contributed by atoms with Crippen molar-refractivity contribution in [2.75, 3.05) is 40.8 Å². The van der Waals surface area contributed by atoms with Crippen LogP contribution >= 0.6 is 0 Å². The Balaban J connectivity index is 1.67. The van der Waals surface area contributed by atoms with Crippen LogP contribution in [-0.2, 0) is 19.1 Å². The molecule has 3 aromatic carbocycles. The van der Waals surface area contributed by atoms with Crippen LogP contribution < -0.4 is 23.7 Å². The SMILES string of the molecule is CCCOc1ccc2c(c1)[C@H](c1ccc(OC)cc1OCC(=O)OCC)[C@H](C(=O)OC)[C@@H]2c1ccc2c(c1)OCO2. The van der Waals surface area contributed by atoms with Gasteiger partial charge in [0.2, 0.25) is 6.79 Å². The fourth-order valence-electron chi connectivity index (χ4n) is 5.62. The number of hydrogen-bond donors (Lipinski definition) is 0. The third kappa shape index (κ3) is 5.62. The molecule has 0 N–H and O–H groups in total. The zero-order valence-electron chi connectivity index (χ0n) is 23.6. The van der Waals surface area contributed by atoms with Crippen LogP contribution in [0.5, 0.6) is 28.7 Å². The predicted molar refractivity (Wildman–Crippen MR) is 149 cm³/mol. The molecule has 1 heterocycles. The number of benzene rings is 3. The first-order valence-corrected chi connectivity index (χ1v) is 13.7. The smallest absolute Gasteiger partial charge is 0.344 e. The van der Waals surface area contributed by atoms with Gasteiger partial charge in [0.15, 0.2) is 18.1 Å². The molecule has 2 aliphatic rings. The maximum atomic E-state index is 13.7. The molecule has 3 atom stereocenters. The van der Waals surface area contributed by atoms with Gasteiger partial charge in [-0.05, 0) is 60.4 Å². The summed E-state index contributed by atoms with van der Waals surface area (Å²) < 4.78 is 39.1. The molecule has 1 aliphatic heterocycles. The van der Waals surface area contributed by atoms with Gasteiger partial charge in [-0.2, -0.15) is 0 Å². The molecule has 0 radical (unpaired) electrons. The molecule has 0 aromatic heterocycles. The van der Waals surface area contributed by atoms with Gasteiger partial charge in [0.25, 0.3) is 0 Å². The number of methoxy groups -OCH3 is 2. The second-order valence-corrected chi connectivity index (χ2v) is 9.75. The van der Waals surface area contributed by atoms with Gasteiger partial charge < -0.3 is 33.2 Å². The van der Waals surface area contributed by atoms with E-state index in [-0.39, 0.29) is 31.9 Å². The molecule has 0 spiro atoms. The highest BCUT2D eigenvalue weighted by molar-refractivity contribution is 5.80. The van der Waals surface area contributed by atoms with Crippen molar-refractivity contribution < 1.29 is 42.7 Å². The van der Waals surface area contributed by atoms with E-state index < -0.39 is 17.8 Å². The number of fused-ring (bicyclic) bond motifs is 2. The van der Waals surface area contributed by atoms with Crippen LogP contribution in [0.15, 0.2) is 54.6 Å². The fraction of sp³-hybridized carbons (Fsp3) is 0.375. The lowest BCUT2D eigenvalue weighted by Gasteiger charge is -2.26. The van der Waals surface area contributed by atoms with Crippen LogP contribution in [0, 0.1) is 5.92 Å². The molecule has 1 aliphatic carbocycles. The Morgan fingerprint density at radius 2 is 1.61 bits per heavy atom. The van der Waals surface area contributed by atoms with Crippen LogP contribution in [0.3, 0.4) is 0 Å². The maximum absolute atomic E-state index is 13.7. The van der Waals surface area contributed by atoms with E-state index in [0.29, 0.717) is 40.9 Å². The van der Waals surface area contributed by atoms with Crippen LogP contribution in [0.4, 0.5) is 0 Å². The summed E-state index contributed by atoms with van der Waals surface area (Å²) in [7, 11) is 2.94. The zero-order chi connectivity index (χ0) is 28.9. The number of hydrogen-bond acceptors (Lipinski definition) is 9. The van der Waals surface area contributed by atoms with Gasteiger partial charge >= 0.3 is 11.9 Å². The van der Waals surface area contributed by atoms with Gasteiger partial charge in [0.05, 0.1) is 33.4 Å². The summed E-state index contributed by atoms with van der Waals surface area (Å²) in [6.07, 6.45) is 0.857. The van der Waals surface area contributed by atoms with Crippen molar-refractivity contribution in [3.05, 3.63) is 76.9 Å². The average molecular weight is 563 g/mol. The van der Waals surface area contributed by atoms with E-state index in [1.54, 1.807) is 20.1 Å². The summed E-state index contributed by atoms with van der Waals surface area (Å²) in [5.41, 5.74) is 3.46. The number of carbonyl (C=O) groups excluding carboxylic acids is 2. The molecule has 0 saturated carbocycles. The summed E-state index contributed by atoms with van der Waals surface area (Å²) in [5.74, 6) is 0.569. The summed E-state index contributed by atoms with van der Waals surface area (Å²) in [5, 5.41) is 0. The Labute approximate surface area is 239 Å². The van der Waals surface area contributed by atoms with Crippen molar-refractivity contribution in [2.24, 2.45) is 5.92 Å². The molecule has 0 amide bonds. The van der Waals surface area contributed by atoms with Crippen molar-refractivity contribution in [1.82, 2.24) is 0 Å². The lowest BCUT2D eigenvalue weighted by molar-refractivity contribution is -0.147. The minimum absolute atomic E-state index is 0.147. The summed E-state index contributed by atoms with van der Waals surface area (Å²) >= 11 is 0. The normalized spacial score (nSPS) is 18.4. The Kier molecular flexibility index (Phi) is 8.52. The monoisotopic (exact) mass is 562 g/mol. The lowest BCUT2D eigenvalue weighted by atomic mass is 9.79. The molecule has 0 saturated heterocycles. The second-order valence-electron chi connectivity index (χ2n) is 9.75. The molecular weight excluding hydrogens is 528 g/mol. The Morgan fingerprint density at radius 1 is 0.829 bits per heavy atom. The van der Waals surface area contributed by atoms with Gasteiger partial charge in [-0.15, -0.1) is 0 Å². The van der Waals surface area contributed by atoms with E-state index in [1.807, 2.05) is 55.5 Å². The number of rotatable bonds is 11. The van der Waals surface area contributed by atoms with Crippen molar-refractivity contribution in [3.63, 3.8) is 0 Å². The van der Waals surface area contributed by atoms with Gasteiger partial charge in [0, 0.05) is 23.5 Å². The zero-order valence-corrected chi connectivity index (χ0v) is 23.6. The molecule has 0 fully saturated rings. The van der Waals surface area contributed by atoms with E-state index >= 15 is 0 Å². The maximum Gasteiger partial charge on any atom is 0.344 e. The highest BCUT2D eigenvalue weighted by Gasteiger charge is 2.48. The van der Waals surface area contributed by atoms with Crippen LogP contribution in [0.1, 0.15) is 54.4 Å². The highest BCUT2D eigenvalue weighted by atomic mass is 16.7. The molecule has 3 aromatic rings. The highest BCUT2D eigenvalue weighted by Crippen LogP contribution is 2.56. The first kappa shape index (κ1) is 28.1. The summed E-state index contributed by atoms with van der Waals surface area (Å²) in [6, 6.07) is 17.0. The van der Waals surface area contributed by atoms with Crippen molar-refractivity contribution in [1.29, 1.82) is 0 Å². The average Bonchev–Trinajstić information content (AvgIpc) is 3.60. The van der Waals surface area contributed by atoms with Crippen molar-refractivity contribution in [3.8, 4) is 28.7 Å². The second kappa shape index (κ2) is 12.4. The summed E-state index contributed by atoms with van der Waals surface area (Å²) in [4.78, 5) is 25.9. The van der Waals surface area contributed by atoms with Gasteiger partial charge in [-0.25, -0.2) is 4.79 Å². The molecule has 0 bridgehead atoms. The third-order valence-corrected chi connectivity index (χ3v) is 7.36. The van der Waals surface area contributed by atoms with E-state index in [1.165, 1.54) is 7.11 Å². The van der Waals surface area contributed by atoms with E-state index in [4.69, 9.17) is 33.2 Å². The lowest BCUT2D eigenvalue weighted by Crippen LogP contribution is -2.26. The molecule has 9 heteroatoms. The predicted octanol–water partition coefficient (Wildman–Crippen LogP) is 5.22. The molecule has 41 heavy (non-hydrogen) atoms. The first-order valence-electron chi connectivity index (χ1n) is 13.7. The minimum atomic E-state index is -0.657. The van der Waals surface area contributed by atoms with Gasteiger partial charge in [-0.1, -0.05) is 25.1 Å².